The van der Waals surface area contributed by atoms with E-state index in [1.165, 1.54) is 4.90 Å². The molecule has 5 nitrogen and oxygen atoms in total. The number of para-hydroxylation sites is 2. The molecule has 0 bridgehead atoms. The average molecular weight is 480 g/mol. The highest BCUT2D eigenvalue weighted by atomic mass is 35.5. The van der Waals surface area contributed by atoms with Gasteiger partial charge in [0, 0.05) is 5.56 Å². The number of carbonyl (C=O) groups excluding carboxylic acids is 2. The molecule has 168 valence electrons. The quantitative estimate of drug-likeness (QED) is 0.353. The summed E-state index contributed by atoms with van der Waals surface area (Å²) in [4.78, 5) is 26.8. The fourth-order valence-electron chi connectivity index (χ4n) is 3.34. The number of hydrogen-bond acceptors (Lipinski definition) is 5. The summed E-state index contributed by atoms with van der Waals surface area (Å²) < 4.78 is 11.6. The Morgan fingerprint density at radius 1 is 0.939 bits per heavy atom. The van der Waals surface area contributed by atoms with Crippen molar-refractivity contribution in [3.8, 4) is 11.5 Å². The maximum Gasteiger partial charge on any atom is 0.293 e. The van der Waals surface area contributed by atoms with Gasteiger partial charge in [0.25, 0.3) is 11.1 Å². The van der Waals surface area contributed by atoms with Crippen LogP contribution in [0.15, 0.2) is 77.7 Å². The van der Waals surface area contributed by atoms with E-state index in [2.05, 4.69) is 6.07 Å². The van der Waals surface area contributed by atoms with Crippen molar-refractivity contribution in [3.05, 3.63) is 99.4 Å². The summed E-state index contributed by atoms with van der Waals surface area (Å²) >= 11 is 6.99. The molecule has 1 aliphatic rings. The molecule has 7 heteroatoms. The number of carbonyl (C=O) groups is 2. The smallest absolute Gasteiger partial charge is 0.293 e. The van der Waals surface area contributed by atoms with Gasteiger partial charge in [0.2, 0.25) is 0 Å². The second-order valence-corrected chi connectivity index (χ2v) is 8.83. The maximum atomic E-state index is 12.9. The number of benzene rings is 3. The zero-order chi connectivity index (χ0) is 23.2. The molecule has 0 saturated carbocycles. The van der Waals surface area contributed by atoms with Gasteiger partial charge in [-0.3, -0.25) is 14.5 Å². The normalized spacial score (nSPS) is 14.7. The molecule has 1 aliphatic heterocycles. The van der Waals surface area contributed by atoms with Crippen LogP contribution < -0.4 is 9.47 Å². The van der Waals surface area contributed by atoms with Crippen LogP contribution in [0, 0.1) is 6.92 Å². The van der Waals surface area contributed by atoms with Gasteiger partial charge in [0.1, 0.15) is 24.7 Å². The average Bonchev–Trinajstić information content (AvgIpc) is 3.07. The summed E-state index contributed by atoms with van der Waals surface area (Å²) in [5, 5.41) is 0.154. The minimum atomic E-state index is -0.346. The Morgan fingerprint density at radius 3 is 2.48 bits per heavy atom. The van der Waals surface area contributed by atoms with Crippen molar-refractivity contribution in [1.82, 2.24) is 4.90 Å². The van der Waals surface area contributed by atoms with E-state index < -0.39 is 0 Å². The van der Waals surface area contributed by atoms with Gasteiger partial charge in [-0.05, 0) is 48.5 Å². The molecule has 0 spiro atoms. The molecule has 3 aromatic carbocycles. The van der Waals surface area contributed by atoms with E-state index in [1.807, 2.05) is 55.5 Å². The first-order valence-electron chi connectivity index (χ1n) is 10.4. The molecule has 0 unspecified atom stereocenters. The standard InChI is InChI=1S/C26H22ClNO4S/c1-18-7-6-8-19(15-18)17-32-22-11-4-2-9-20(22)16-24-25(29)28(26(30)33-24)13-14-31-23-12-5-3-10-21(23)27/h2-12,15-16H,13-14,17H2,1H3/b24-16-. The van der Waals surface area contributed by atoms with E-state index in [-0.39, 0.29) is 24.3 Å². The molecule has 3 aromatic rings. The molecule has 1 heterocycles. The van der Waals surface area contributed by atoms with E-state index in [1.54, 1.807) is 24.3 Å². The van der Waals surface area contributed by atoms with Crippen LogP contribution in [-0.2, 0) is 11.4 Å². The summed E-state index contributed by atoms with van der Waals surface area (Å²) in [5.74, 6) is 0.815. The molecular weight excluding hydrogens is 458 g/mol. The van der Waals surface area contributed by atoms with Crippen molar-refractivity contribution in [1.29, 1.82) is 0 Å². The second kappa shape index (κ2) is 10.6. The Kier molecular flexibility index (Phi) is 7.37. The van der Waals surface area contributed by atoms with E-state index >= 15 is 0 Å². The first-order chi connectivity index (χ1) is 16.0. The number of amides is 2. The number of hydrogen-bond donors (Lipinski definition) is 0. The molecule has 1 fully saturated rings. The fourth-order valence-corrected chi connectivity index (χ4v) is 4.38. The van der Waals surface area contributed by atoms with Crippen molar-refractivity contribution >= 4 is 40.6 Å². The highest BCUT2D eigenvalue weighted by Gasteiger charge is 2.35. The van der Waals surface area contributed by atoms with Crippen molar-refractivity contribution in [2.45, 2.75) is 13.5 Å². The van der Waals surface area contributed by atoms with Crippen LogP contribution in [0.25, 0.3) is 6.08 Å². The number of thioether (sulfide) groups is 1. The van der Waals surface area contributed by atoms with Crippen LogP contribution in [0.1, 0.15) is 16.7 Å². The monoisotopic (exact) mass is 479 g/mol. The summed E-state index contributed by atoms with van der Waals surface area (Å²) in [5.41, 5.74) is 2.96. The molecule has 0 radical (unpaired) electrons. The predicted molar refractivity (Wildman–Crippen MR) is 132 cm³/mol. The molecule has 2 amide bonds. The zero-order valence-corrected chi connectivity index (χ0v) is 19.6. The predicted octanol–water partition coefficient (Wildman–Crippen LogP) is 6.34. The largest absolute Gasteiger partial charge is 0.490 e. The number of ether oxygens (including phenoxy) is 2. The Morgan fingerprint density at radius 2 is 1.70 bits per heavy atom. The van der Waals surface area contributed by atoms with Gasteiger partial charge >= 0.3 is 0 Å². The van der Waals surface area contributed by atoms with Crippen molar-refractivity contribution in [3.63, 3.8) is 0 Å². The lowest BCUT2D eigenvalue weighted by Crippen LogP contribution is -2.32. The number of rotatable bonds is 8. The van der Waals surface area contributed by atoms with E-state index in [0.717, 1.165) is 28.5 Å². The Balaban J connectivity index is 1.42. The number of aryl methyl sites for hydroxylation is 1. The van der Waals surface area contributed by atoms with E-state index in [9.17, 15) is 9.59 Å². The first kappa shape index (κ1) is 23.0. The third-order valence-electron chi connectivity index (χ3n) is 4.97. The van der Waals surface area contributed by atoms with Crippen LogP contribution in [0.3, 0.4) is 0 Å². The molecular formula is C26H22ClNO4S. The van der Waals surface area contributed by atoms with Gasteiger partial charge in [-0.1, -0.05) is 71.8 Å². The van der Waals surface area contributed by atoms with Gasteiger partial charge in [0.15, 0.2) is 0 Å². The van der Waals surface area contributed by atoms with Crippen LogP contribution in [-0.4, -0.2) is 29.2 Å². The lowest BCUT2D eigenvalue weighted by atomic mass is 10.1. The summed E-state index contributed by atoms with van der Waals surface area (Å²) in [6, 6.07) is 22.6. The van der Waals surface area contributed by atoms with Gasteiger partial charge in [-0.15, -0.1) is 0 Å². The zero-order valence-electron chi connectivity index (χ0n) is 18.0. The third-order valence-corrected chi connectivity index (χ3v) is 6.18. The van der Waals surface area contributed by atoms with Crippen LogP contribution in [0.2, 0.25) is 5.02 Å². The molecule has 33 heavy (non-hydrogen) atoms. The maximum absolute atomic E-state index is 12.9. The van der Waals surface area contributed by atoms with Crippen LogP contribution >= 0.6 is 23.4 Å². The first-order valence-corrected chi connectivity index (χ1v) is 11.6. The molecule has 0 aromatic heterocycles. The highest BCUT2D eigenvalue weighted by Crippen LogP contribution is 2.34. The molecule has 1 saturated heterocycles. The van der Waals surface area contributed by atoms with Crippen LogP contribution in [0.4, 0.5) is 4.79 Å². The molecule has 0 N–H and O–H groups in total. The van der Waals surface area contributed by atoms with Crippen molar-refractivity contribution in [2.75, 3.05) is 13.2 Å². The minimum absolute atomic E-state index is 0.138. The molecule has 4 rings (SSSR count). The van der Waals surface area contributed by atoms with E-state index in [0.29, 0.717) is 28.0 Å². The van der Waals surface area contributed by atoms with Crippen molar-refractivity contribution in [2.24, 2.45) is 0 Å². The summed E-state index contributed by atoms with van der Waals surface area (Å²) in [6.07, 6.45) is 1.70. The van der Waals surface area contributed by atoms with Gasteiger partial charge in [0.05, 0.1) is 16.5 Å². The number of halogens is 1. The van der Waals surface area contributed by atoms with E-state index in [4.69, 9.17) is 21.1 Å². The fraction of sp³-hybridized carbons (Fsp3) is 0.154. The second-order valence-electron chi connectivity index (χ2n) is 7.43. The summed E-state index contributed by atoms with van der Waals surface area (Å²) in [6.45, 7) is 2.74. The lowest BCUT2D eigenvalue weighted by Gasteiger charge is -2.14. The Hall–Kier alpha value is -3.22. The number of imide groups is 1. The topological polar surface area (TPSA) is 55.8 Å². The Bertz CT molecular complexity index is 1210. The summed E-state index contributed by atoms with van der Waals surface area (Å²) in [7, 11) is 0. The van der Waals surface area contributed by atoms with Gasteiger partial charge < -0.3 is 9.47 Å². The number of nitrogens with zero attached hydrogens (tertiary/aromatic N) is 1. The van der Waals surface area contributed by atoms with Crippen LogP contribution in [0.5, 0.6) is 11.5 Å². The van der Waals surface area contributed by atoms with Crippen molar-refractivity contribution < 1.29 is 19.1 Å². The van der Waals surface area contributed by atoms with Gasteiger partial charge in [-0.25, -0.2) is 0 Å². The lowest BCUT2D eigenvalue weighted by molar-refractivity contribution is -0.123. The molecule has 0 aliphatic carbocycles. The molecule has 0 atom stereocenters. The highest BCUT2D eigenvalue weighted by molar-refractivity contribution is 8.18. The third kappa shape index (κ3) is 5.78. The minimum Gasteiger partial charge on any atom is -0.490 e. The Labute approximate surface area is 202 Å². The SMILES string of the molecule is Cc1cccc(COc2ccccc2/C=C2\SC(=O)N(CCOc3ccccc3Cl)C2=O)c1. The van der Waals surface area contributed by atoms with Gasteiger partial charge in [-0.2, -0.15) is 0 Å².